The zero-order valence-corrected chi connectivity index (χ0v) is 19.5. The Bertz CT molecular complexity index is 1350. The van der Waals surface area contributed by atoms with Crippen LogP contribution < -0.4 is 10.5 Å². The van der Waals surface area contributed by atoms with E-state index in [-0.39, 0.29) is 37.1 Å². The number of ether oxygens (including phenoxy) is 1. The molecule has 34 heavy (non-hydrogen) atoms. The molecule has 0 spiro atoms. The number of nitrogens with two attached hydrogens (primary N) is 1. The average Bonchev–Trinajstić information content (AvgIpc) is 3.39. The molecule has 0 bridgehead atoms. The predicted octanol–water partition coefficient (Wildman–Crippen LogP) is 4.66. The number of benzene rings is 1. The average molecular weight is 513 g/mol. The summed E-state index contributed by atoms with van der Waals surface area (Å²) in [5.74, 6) is 0.783. The maximum atomic E-state index is 14.1. The number of alkyl halides is 3. The minimum atomic E-state index is -4.46. The molecule has 0 radical (unpaired) electrons. The molecule has 1 aliphatic rings. The SMILES string of the molecule is COc1ccc2ccc(-c3nnc4ccc([C@@H](N5CC[C@H](N)C5)C(F)(F)F)cn34)nc2c1Cl.Cl. The Morgan fingerprint density at radius 2 is 1.91 bits per heavy atom. The molecule has 1 saturated heterocycles. The Morgan fingerprint density at radius 1 is 1.15 bits per heavy atom. The van der Waals surface area contributed by atoms with Crippen LogP contribution in [0.25, 0.3) is 28.1 Å². The third kappa shape index (κ3) is 4.26. The first-order chi connectivity index (χ1) is 15.8. The van der Waals surface area contributed by atoms with Crippen molar-refractivity contribution in [2.75, 3.05) is 20.2 Å². The molecule has 5 rings (SSSR count). The summed E-state index contributed by atoms with van der Waals surface area (Å²) in [6, 6.07) is 8.04. The van der Waals surface area contributed by atoms with Gasteiger partial charge < -0.3 is 10.5 Å². The van der Waals surface area contributed by atoms with Crippen molar-refractivity contribution in [1.82, 2.24) is 24.5 Å². The molecule has 0 saturated carbocycles. The maximum Gasteiger partial charge on any atom is 0.408 e. The fraction of sp³-hybridized carbons (Fsp3) is 0.318. The summed E-state index contributed by atoms with van der Waals surface area (Å²) in [5, 5.41) is 9.42. The van der Waals surface area contributed by atoms with E-state index in [2.05, 4.69) is 15.2 Å². The van der Waals surface area contributed by atoms with Crippen molar-refractivity contribution in [2.45, 2.75) is 24.7 Å². The number of methoxy groups -OCH3 is 1. The van der Waals surface area contributed by atoms with Crippen molar-refractivity contribution in [2.24, 2.45) is 5.73 Å². The standard InChI is InChI=1S/C22H20ClF3N6O.ClH/c1-33-16-6-3-12-2-5-15(28-19(12)18(16)23)21-30-29-17-7-4-13(10-32(17)21)20(22(24,25)26)31-9-8-14(27)11-31;/h2-7,10,14,20H,8-9,11,27H2,1H3;1H/t14-,20+;/m0./s1. The van der Waals surface area contributed by atoms with E-state index in [0.717, 1.165) is 5.39 Å². The summed E-state index contributed by atoms with van der Waals surface area (Å²) in [6.45, 7) is 0.467. The Labute approximate surface area is 204 Å². The third-order valence-corrected chi connectivity index (χ3v) is 6.25. The van der Waals surface area contributed by atoms with E-state index >= 15 is 0 Å². The second kappa shape index (κ2) is 9.18. The van der Waals surface area contributed by atoms with Crippen LogP contribution in [0.15, 0.2) is 42.6 Å². The third-order valence-electron chi connectivity index (χ3n) is 5.89. The van der Waals surface area contributed by atoms with Gasteiger partial charge in [0.2, 0.25) is 0 Å². The first-order valence-electron chi connectivity index (χ1n) is 10.3. The lowest BCUT2D eigenvalue weighted by Gasteiger charge is -2.30. The molecule has 0 amide bonds. The highest BCUT2D eigenvalue weighted by molar-refractivity contribution is 6.36. The number of hydrogen-bond acceptors (Lipinski definition) is 6. The van der Waals surface area contributed by atoms with Crippen LogP contribution in [0.3, 0.4) is 0 Å². The number of fused-ring (bicyclic) bond motifs is 2. The van der Waals surface area contributed by atoms with Crippen molar-refractivity contribution >= 4 is 40.6 Å². The molecule has 1 aliphatic heterocycles. The van der Waals surface area contributed by atoms with Gasteiger partial charge in [-0.05, 0) is 36.2 Å². The van der Waals surface area contributed by atoms with Gasteiger partial charge in [0.25, 0.3) is 0 Å². The number of likely N-dealkylation sites (tertiary alicyclic amines) is 1. The quantitative estimate of drug-likeness (QED) is 0.428. The molecule has 7 nitrogen and oxygen atoms in total. The summed E-state index contributed by atoms with van der Waals surface area (Å²) in [4.78, 5) is 5.97. The zero-order chi connectivity index (χ0) is 23.3. The van der Waals surface area contributed by atoms with E-state index in [1.807, 2.05) is 12.1 Å². The minimum Gasteiger partial charge on any atom is -0.495 e. The number of halogens is 5. The zero-order valence-electron chi connectivity index (χ0n) is 18.0. The predicted molar refractivity (Wildman–Crippen MR) is 125 cm³/mol. The molecule has 12 heteroatoms. The molecular formula is C22H21Cl2F3N6O. The fourth-order valence-electron chi connectivity index (χ4n) is 4.32. The van der Waals surface area contributed by atoms with Crippen molar-refractivity contribution in [1.29, 1.82) is 0 Å². The minimum absolute atomic E-state index is 0. The van der Waals surface area contributed by atoms with E-state index < -0.39 is 12.2 Å². The highest BCUT2D eigenvalue weighted by Gasteiger charge is 2.46. The fourth-order valence-corrected chi connectivity index (χ4v) is 4.61. The lowest BCUT2D eigenvalue weighted by atomic mass is 10.1. The lowest BCUT2D eigenvalue weighted by molar-refractivity contribution is -0.183. The molecule has 4 aromatic rings. The molecule has 2 atom stereocenters. The Kier molecular flexibility index (Phi) is 6.61. The normalized spacial score (nSPS) is 17.8. The first-order valence-corrected chi connectivity index (χ1v) is 10.7. The van der Waals surface area contributed by atoms with Crippen LogP contribution in [0, 0.1) is 0 Å². The molecular weight excluding hydrogens is 492 g/mol. The molecule has 4 heterocycles. The van der Waals surface area contributed by atoms with E-state index in [1.54, 1.807) is 12.1 Å². The van der Waals surface area contributed by atoms with Gasteiger partial charge in [-0.15, -0.1) is 22.6 Å². The summed E-state index contributed by atoms with van der Waals surface area (Å²) in [6.07, 6.45) is -2.51. The molecule has 3 aromatic heterocycles. The van der Waals surface area contributed by atoms with E-state index in [0.29, 0.717) is 39.9 Å². The lowest BCUT2D eigenvalue weighted by Crippen LogP contribution is -2.38. The van der Waals surface area contributed by atoms with Crippen molar-refractivity contribution in [3.63, 3.8) is 0 Å². The van der Waals surface area contributed by atoms with Gasteiger partial charge in [-0.2, -0.15) is 13.2 Å². The highest BCUT2D eigenvalue weighted by atomic mass is 35.5. The van der Waals surface area contributed by atoms with Gasteiger partial charge >= 0.3 is 6.18 Å². The smallest absolute Gasteiger partial charge is 0.408 e. The topological polar surface area (TPSA) is 81.6 Å². The first kappa shape index (κ1) is 24.5. The highest BCUT2D eigenvalue weighted by Crippen LogP contribution is 2.39. The van der Waals surface area contributed by atoms with Crippen LogP contribution in [0.5, 0.6) is 5.75 Å². The van der Waals surface area contributed by atoms with Gasteiger partial charge in [0.15, 0.2) is 11.5 Å². The molecule has 2 N–H and O–H groups in total. The summed E-state index contributed by atoms with van der Waals surface area (Å²) >= 11 is 6.42. The van der Waals surface area contributed by atoms with Crippen LogP contribution in [0.2, 0.25) is 5.02 Å². The van der Waals surface area contributed by atoms with Gasteiger partial charge in [-0.3, -0.25) is 9.30 Å². The number of pyridine rings is 2. The second-order valence-electron chi connectivity index (χ2n) is 8.05. The summed E-state index contributed by atoms with van der Waals surface area (Å²) in [5.41, 5.74) is 7.30. The van der Waals surface area contributed by atoms with E-state index in [1.165, 1.54) is 34.7 Å². The second-order valence-corrected chi connectivity index (χ2v) is 8.43. The molecule has 0 unspecified atom stereocenters. The molecule has 180 valence electrons. The van der Waals surface area contributed by atoms with Crippen LogP contribution in [-0.2, 0) is 0 Å². The molecule has 1 aromatic carbocycles. The van der Waals surface area contributed by atoms with E-state index in [4.69, 9.17) is 22.1 Å². The molecule has 1 fully saturated rings. The van der Waals surface area contributed by atoms with Crippen molar-refractivity contribution in [3.05, 3.63) is 53.2 Å². The number of nitrogens with zero attached hydrogens (tertiary/aromatic N) is 5. The monoisotopic (exact) mass is 512 g/mol. The van der Waals surface area contributed by atoms with Gasteiger partial charge in [0.1, 0.15) is 22.5 Å². The maximum absolute atomic E-state index is 14.1. The van der Waals surface area contributed by atoms with Gasteiger partial charge in [0, 0.05) is 30.7 Å². The van der Waals surface area contributed by atoms with Crippen molar-refractivity contribution in [3.8, 4) is 17.3 Å². The molecule has 0 aliphatic carbocycles. The Balaban J connectivity index is 0.00000274. The van der Waals surface area contributed by atoms with Gasteiger partial charge in [0.05, 0.1) is 12.6 Å². The largest absolute Gasteiger partial charge is 0.495 e. The van der Waals surface area contributed by atoms with Crippen LogP contribution >= 0.6 is 24.0 Å². The van der Waals surface area contributed by atoms with Crippen molar-refractivity contribution < 1.29 is 17.9 Å². The number of hydrogen-bond donors (Lipinski definition) is 1. The van der Waals surface area contributed by atoms with E-state index in [9.17, 15) is 13.2 Å². The van der Waals surface area contributed by atoms with Crippen LogP contribution in [-0.4, -0.2) is 56.9 Å². The van der Waals surface area contributed by atoms with Gasteiger partial charge in [-0.1, -0.05) is 23.7 Å². The number of aromatic nitrogens is 4. The summed E-state index contributed by atoms with van der Waals surface area (Å²) in [7, 11) is 1.51. The Morgan fingerprint density at radius 3 is 2.59 bits per heavy atom. The van der Waals surface area contributed by atoms with Crippen LogP contribution in [0.4, 0.5) is 13.2 Å². The Hall–Kier alpha value is -2.66. The van der Waals surface area contributed by atoms with Crippen LogP contribution in [0.1, 0.15) is 18.0 Å². The summed E-state index contributed by atoms with van der Waals surface area (Å²) < 4.78 is 49.0. The van der Waals surface area contributed by atoms with Gasteiger partial charge in [-0.25, -0.2) is 4.98 Å². The number of rotatable bonds is 4.